The molecule has 0 spiro atoms. The Balaban J connectivity index is 1.85. The molecule has 0 amide bonds. The van der Waals surface area contributed by atoms with Crippen LogP contribution in [0.4, 0.5) is 0 Å². The number of aliphatic hydroxyl groups is 1. The number of oxazole rings is 1. The van der Waals surface area contributed by atoms with Crippen LogP contribution < -0.4 is 5.73 Å². The van der Waals surface area contributed by atoms with E-state index in [-0.39, 0.29) is 5.89 Å². The van der Waals surface area contributed by atoms with E-state index < -0.39 is 12.1 Å². The molecule has 3 N–H and O–H groups in total. The number of aliphatic hydroxyl groups excluding tert-OH is 1. The first-order valence-electron chi connectivity index (χ1n) is 6.87. The number of aromatic nitrogens is 1. The van der Waals surface area contributed by atoms with Gasteiger partial charge in [-0.3, -0.25) is 0 Å². The third-order valence-corrected chi connectivity index (χ3v) is 4.46. The summed E-state index contributed by atoms with van der Waals surface area (Å²) in [5, 5.41) is 14.4. The molecule has 0 aliphatic rings. The van der Waals surface area contributed by atoms with Crippen molar-refractivity contribution in [2.75, 3.05) is 0 Å². The Hall–Kier alpha value is -1.69. The molecule has 1 unspecified atom stereocenters. The predicted molar refractivity (Wildman–Crippen MR) is 84.4 cm³/mol. The number of hydrogen-bond donors (Lipinski definition) is 2. The lowest BCUT2D eigenvalue weighted by Gasteiger charge is -2.14. The Kier molecular flexibility index (Phi) is 3.80. The summed E-state index contributed by atoms with van der Waals surface area (Å²) in [4.78, 5) is 4.37. The van der Waals surface area contributed by atoms with Crippen LogP contribution in [0.5, 0.6) is 0 Å². The van der Waals surface area contributed by atoms with Gasteiger partial charge >= 0.3 is 0 Å². The first-order chi connectivity index (χ1) is 10.0. The van der Waals surface area contributed by atoms with Crippen LogP contribution in [0.2, 0.25) is 0 Å². The zero-order valence-electron chi connectivity index (χ0n) is 12.0. The van der Waals surface area contributed by atoms with Crippen molar-refractivity contribution in [2.45, 2.75) is 32.4 Å². The summed E-state index contributed by atoms with van der Waals surface area (Å²) < 4.78 is 5.67. The van der Waals surface area contributed by atoms with Crippen molar-refractivity contribution in [2.24, 2.45) is 5.73 Å². The second kappa shape index (κ2) is 5.60. The molecule has 3 aromatic rings. The third-order valence-electron chi connectivity index (χ3n) is 3.73. The standard InChI is InChI=1S/C16H18N2O2S/c1-9-5-13-14(6-10(9)2)20-16(18-13)15(19)12(17)7-11-3-4-21-8-11/h3-6,8,12,15,19H,7,17H2,1-2H3/t12-,15?/m1/s1. The van der Waals surface area contributed by atoms with E-state index in [0.717, 1.165) is 22.2 Å². The second-order valence-electron chi connectivity index (χ2n) is 5.40. The molecule has 0 aliphatic carbocycles. The van der Waals surface area contributed by atoms with E-state index in [9.17, 15) is 5.11 Å². The minimum Gasteiger partial charge on any atom is -0.438 e. The normalized spacial score (nSPS) is 14.5. The van der Waals surface area contributed by atoms with Crippen LogP contribution in [0, 0.1) is 13.8 Å². The van der Waals surface area contributed by atoms with E-state index in [2.05, 4.69) is 4.98 Å². The van der Waals surface area contributed by atoms with Crippen molar-refractivity contribution < 1.29 is 9.52 Å². The van der Waals surface area contributed by atoms with Crippen molar-refractivity contribution in [3.05, 3.63) is 51.5 Å². The largest absolute Gasteiger partial charge is 0.438 e. The monoisotopic (exact) mass is 302 g/mol. The van der Waals surface area contributed by atoms with Gasteiger partial charge in [0, 0.05) is 6.04 Å². The van der Waals surface area contributed by atoms with Crippen LogP contribution in [0.15, 0.2) is 33.4 Å². The molecule has 0 aliphatic heterocycles. The molecule has 2 heterocycles. The number of aryl methyl sites for hydroxylation is 2. The van der Waals surface area contributed by atoms with Crippen LogP contribution in [0.1, 0.15) is 28.7 Å². The van der Waals surface area contributed by atoms with Crippen LogP contribution in [0.3, 0.4) is 0 Å². The van der Waals surface area contributed by atoms with E-state index in [1.807, 2.05) is 42.8 Å². The lowest BCUT2D eigenvalue weighted by molar-refractivity contribution is 0.117. The first-order valence-corrected chi connectivity index (χ1v) is 7.81. The van der Waals surface area contributed by atoms with Gasteiger partial charge < -0.3 is 15.3 Å². The lowest BCUT2D eigenvalue weighted by Crippen LogP contribution is -2.30. The van der Waals surface area contributed by atoms with Crippen molar-refractivity contribution in [1.29, 1.82) is 0 Å². The lowest BCUT2D eigenvalue weighted by atomic mass is 10.0. The number of nitrogens with two attached hydrogens (primary N) is 1. The highest BCUT2D eigenvalue weighted by molar-refractivity contribution is 7.07. The van der Waals surface area contributed by atoms with Crippen LogP contribution >= 0.6 is 11.3 Å². The molecule has 21 heavy (non-hydrogen) atoms. The zero-order chi connectivity index (χ0) is 15.0. The number of hydrogen-bond acceptors (Lipinski definition) is 5. The van der Waals surface area contributed by atoms with Gasteiger partial charge in [0.15, 0.2) is 5.58 Å². The highest BCUT2D eigenvalue weighted by atomic mass is 32.1. The van der Waals surface area contributed by atoms with Gasteiger partial charge in [0.25, 0.3) is 0 Å². The SMILES string of the molecule is Cc1cc2nc(C(O)[C@H](N)Cc3ccsc3)oc2cc1C. The molecule has 5 heteroatoms. The van der Waals surface area contributed by atoms with Crippen molar-refractivity contribution in [3.63, 3.8) is 0 Å². The van der Waals surface area contributed by atoms with Gasteiger partial charge in [-0.05, 0) is 65.9 Å². The maximum Gasteiger partial charge on any atom is 0.225 e. The summed E-state index contributed by atoms with van der Waals surface area (Å²) in [7, 11) is 0. The fourth-order valence-electron chi connectivity index (χ4n) is 2.30. The number of fused-ring (bicyclic) bond motifs is 1. The molecule has 1 aromatic carbocycles. The fraction of sp³-hybridized carbons (Fsp3) is 0.312. The van der Waals surface area contributed by atoms with Crippen molar-refractivity contribution in [1.82, 2.24) is 4.98 Å². The Bertz CT molecular complexity index is 710. The molecule has 3 rings (SSSR count). The topological polar surface area (TPSA) is 72.3 Å². The molecule has 2 atom stereocenters. The average Bonchev–Trinajstić information content (AvgIpc) is 3.08. The molecule has 0 bridgehead atoms. The Labute approximate surface area is 127 Å². The van der Waals surface area contributed by atoms with E-state index >= 15 is 0 Å². The third kappa shape index (κ3) is 2.85. The van der Waals surface area contributed by atoms with Gasteiger partial charge in [-0.1, -0.05) is 0 Å². The quantitative estimate of drug-likeness (QED) is 0.776. The first kappa shape index (κ1) is 14.3. The van der Waals surface area contributed by atoms with E-state index in [1.165, 1.54) is 0 Å². The number of benzene rings is 1. The smallest absolute Gasteiger partial charge is 0.225 e. The Morgan fingerprint density at radius 1 is 1.33 bits per heavy atom. The number of thiophene rings is 1. The highest BCUT2D eigenvalue weighted by Gasteiger charge is 2.23. The van der Waals surface area contributed by atoms with E-state index in [1.54, 1.807) is 11.3 Å². The summed E-state index contributed by atoms with van der Waals surface area (Å²) in [6, 6.07) is 5.48. The number of nitrogens with zero attached hydrogens (tertiary/aromatic N) is 1. The summed E-state index contributed by atoms with van der Waals surface area (Å²) in [5.41, 5.74) is 10.9. The minimum absolute atomic E-state index is 0.290. The van der Waals surface area contributed by atoms with E-state index in [4.69, 9.17) is 10.2 Å². The van der Waals surface area contributed by atoms with Crippen molar-refractivity contribution in [3.8, 4) is 0 Å². The summed E-state index contributed by atoms with van der Waals surface area (Å²) in [6.45, 7) is 4.05. The number of rotatable bonds is 4. The molecule has 0 radical (unpaired) electrons. The maximum absolute atomic E-state index is 10.3. The van der Waals surface area contributed by atoms with E-state index in [0.29, 0.717) is 12.0 Å². The van der Waals surface area contributed by atoms with Crippen LogP contribution in [-0.2, 0) is 6.42 Å². The van der Waals surface area contributed by atoms with Crippen molar-refractivity contribution >= 4 is 22.4 Å². The molecule has 0 saturated carbocycles. The second-order valence-corrected chi connectivity index (χ2v) is 6.18. The molecule has 110 valence electrons. The average molecular weight is 302 g/mol. The molecule has 0 fully saturated rings. The summed E-state index contributed by atoms with van der Waals surface area (Å²) >= 11 is 1.62. The predicted octanol–water partition coefficient (Wildman–Crippen LogP) is 3.11. The molecular weight excluding hydrogens is 284 g/mol. The molecule has 2 aromatic heterocycles. The van der Waals surface area contributed by atoms with Gasteiger partial charge in [-0.2, -0.15) is 11.3 Å². The Morgan fingerprint density at radius 2 is 2.10 bits per heavy atom. The zero-order valence-corrected chi connectivity index (χ0v) is 12.9. The summed E-state index contributed by atoms with van der Waals surface area (Å²) in [5.74, 6) is 0.290. The summed E-state index contributed by atoms with van der Waals surface area (Å²) in [6.07, 6.45) is -0.306. The maximum atomic E-state index is 10.3. The van der Waals surface area contributed by atoms with Crippen LogP contribution in [0.25, 0.3) is 11.1 Å². The van der Waals surface area contributed by atoms with Gasteiger partial charge in [-0.25, -0.2) is 4.98 Å². The van der Waals surface area contributed by atoms with Gasteiger partial charge in [0.1, 0.15) is 11.6 Å². The minimum atomic E-state index is -0.905. The molecule has 4 nitrogen and oxygen atoms in total. The molecular formula is C16H18N2O2S. The van der Waals surface area contributed by atoms with Crippen LogP contribution in [-0.4, -0.2) is 16.1 Å². The van der Waals surface area contributed by atoms with Gasteiger partial charge in [0.05, 0.1) is 0 Å². The fourth-order valence-corrected chi connectivity index (χ4v) is 2.98. The van der Waals surface area contributed by atoms with Gasteiger partial charge in [0.2, 0.25) is 5.89 Å². The highest BCUT2D eigenvalue weighted by Crippen LogP contribution is 2.25. The van der Waals surface area contributed by atoms with Gasteiger partial charge in [-0.15, -0.1) is 0 Å². The Morgan fingerprint density at radius 3 is 2.81 bits per heavy atom. The molecule has 0 saturated heterocycles.